The Morgan fingerprint density at radius 1 is 1.20 bits per heavy atom. The number of benzene rings is 1. The maximum atomic E-state index is 6.09. The summed E-state index contributed by atoms with van der Waals surface area (Å²) in [4.78, 5) is 0. The highest BCUT2D eigenvalue weighted by Crippen LogP contribution is 2.22. The lowest BCUT2D eigenvalue weighted by Crippen LogP contribution is -2.22. The molecule has 0 spiro atoms. The Morgan fingerprint density at radius 3 is 2.60 bits per heavy atom. The van der Waals surface area contributed by atoms with Crippen LogP contribution in [0.1, 0.15) is 45.1 Å². The molecule has 1 N–H and O–H groups in total. The maximum absolute atomic E-state index is 6.09. The molecule has 2 nitrogen and oxygen atoms in total. The number of likely N-dealkylation sites (N-methyl/N-ethyl adjacent to an activating group) is 1. The van der Waals surface area contributed by atoms with E-state index in [2.05, 4.69) is 38.2 Å². The monoisotopic (exact) mass is 297 g/mol. The molecule has 3 heteroatoms. The van der Waals surface area contributed by atoms with E-state index in [0.717, 1.165) is 44.2 Å². The predicted octanol–water partition coefficient (Wildman–Crippen LogP) is 4.49. The van der Waals surface area contributed by atoms with Crippen molar-refractivity contribution in [3.05, 3.63) is 34.9 Å². The summed E-state index contributed by atoms with van der Waals surface area (Å²) in [5.41, 5.74) is 1.30. The molecule has 0 aliphatic carbocycles. The molecule has 1 aromatic carbocycles. The lowest BCUT2D eigenvalue weighted by molar-refractivity contribution is 0.116. The van der Waals surface area contributed by atoms with Gasteiger partial charge in [-0.05, 0) is 48.9 Å². The van der Waals surface area contributed by atoms with Crippen molar-refractivity contribution in [2.45, 2.75) is 39.5 Å². The fraction of sp³-hybridized carbons (Fsp3) is 0.647. The van der Waals surface area contributed by atoms with Crippen molar-refractivity contribution in [2.24, 2.45) is 5.92 Å². The van der Waals surface area contributed by atoms with E-state index in [1.807, 2.05) is 12.1 Å². The van der Waals surface area contributed by atoms with Crippen LogP contribution in [0.3, 0.4) is 0 Å². The Morgan fingerprint density at radius 2 is 1.95 bits per heavy atom. The summed E-state index contributed by atoms with van der Waals surface area (Å²) in [6, 6.07) is 8.17. The average molecular weight is 298 g/mol. The second-order valence-electron chi connectivity index (χ2n) is 5.64. The van der Waals surface area contributed by atoms with E-state index in [1.54, 1.807) is 0 Å². The Hall–Kier alpha value is -0.570. The van der Waals surface area contributed by atoms with Crippen LogP contribution in [0.15, 0.2) is 24.3 Å². The largest absolute Gasteiger partial charge is 0.381 e. The number of ether oxygens (including phenoxy) is 1. The van der Waals surface area contributed by atoms with Crippen LogP contribution in [-0.2, 0) is 4.74 Å². The number of halogens is 1. The molecule has 0 heterocycles. The Bertz CT molecular complexity index is 368. The molecule has 20 heavy (non-hydrogen) atoms. The fourth-order valence-electron chi connectivity index (χ4n) is 2.11. The van der Waals surface area contributed by atoms with Crippen LogP contribution in [0, 0.1) is 5.92 Å². The normalized spacial score (nSPS) is 12.8. The topological polar surface area (TPSA) is 21.3 Å². The van der Waals surface area contributed by atoms with Gasteiger partial charge in [0.1, 0.15) is 0 Å². The molecule has 114 valence electrons. The molecule has 1 rings (SSSR count). The third-order valence-corrected chi connectivity index (χ3v) is 3.65. The molecule has 1 aromatic rings. The zero-order chi connectivity index (χ0) is 14.8. The summed E-state index contributed by atoms with van der Waals surface area (Å²) < 4.78 is 5.75. The van der Waals surface area contributed by atoms with E-state index >= 15 is 0 Å². The fourth-order valence-corrected chi connectivity index (χ4v) is 2.31. The molecule has 0 bridgehead atoms. The van der Waals surface area contributed by atoms with Crippen molar-refractivity contribution in [2.75, 3.05) is 26.3 Å². The number of nitrogens with one attached hydrogen (secondary N) is 1. The summed E-state index contributed by atoms with van der Waals surface area (Å²) in [7, 11) is 0. The van der Waals surface area contributed by atoms with E-state index < -0.39 is 0 Å². The summed E-state index contributed by atoms with van der Waals surface area (Å²) in [5, 5.41) is 4.24. The summed E-state index contributed by atoms with van der Waals surface area (Å²) in [6.45, 7) is 10.2. The lowest BCUT2D eigenvalue weighted by atomic mass is 9.96. The van der Waals surface area contributed by atoms with Crippen molar-refractivity contribution < 1.29 is 4.74 Å². The maximum Gasteiger partial charge on any atom is 0.0472 e. The van der Waals surface area contributed by atoms with Crippen LogP contribution >= 0.6 is 11.6 Å². The smallest absolute Gasteiger partial charge is 0.0472 e. The minimum Gasteiger partial charge on any atom is -0.381 e. The van der Waals surface area contributed by atoms with Gasteiger partial charge in [-0.1, -0.05) is 44.5 Å². The van der Waals surface area contributed by atoms with Gasteiger partial charge in [0.25, 0.3) is 0 Å². The van der Waals surface area contributed by atoms with Gasteiger partial charge in [-0.3, -0.25) is 0 Å². The van der Waals surface area contributed by atoms with Gasteiger partial charge in [-0.2, -0.15) is 0 Å². The van der Waals surface area contributed by atoms with Crippen LogP contribution in [0.25, 0.3) is 0 Å². The molecule has 1 unspecified atom stereocenters. The van der Waals surface area contributed by atoms with E-state index in [0.29, 0.717) is 11.8 Å². The summed E-state index contributed by atoms with van der Waals surface area (Å²) in [6.07, 6.45) is 2.17. The highest BCUT2D eigenvalue weighted by Gasteiger charge is 2.11. The molecular formula is C17H28ClNO. The Kier molecular flexibility index (Phi) is 8.92. The molecule has 0 saturated carbocycles. The zero-order valence-corrected chi connectivity index (χ0v) is 13.7. The van der Waals surface area contributed by atoms with Gasteiger partial charge in [0.05, 0.1) is 0 Å². The van der Waals surface area contributed by atoms with Gasteiger partial charge >= 0.3 is 0 Å². The van der Waals surface area contributed by atoms with Crippen molar-refractivity contribution in [1.82, 2.24) is 5.32 Å². The van der Waals surface area contributed by atoms with Crippen LogP contribution < -0.4 is 5.32 Å². The first kappa shape index (κ1) is 17.5. The van der Waals surface area contributed by atoms with Gasteiger partial charge in [0.15, 0.2) is 0 Å². The quantitative estimate of drug-likeness (QED) is 0.643. The Balaban J connectivity index is 2.44. The average Bonchev–Trinajstić information content (AvgIpc) is 2.41. The minimum absolute atomic E-state index is 0.465. The van der Waals surface area contributed by atoms with Crippen LogP contribution in [0.5, 0.6) is 0 Å². The molecule has 0 fully saturated rings. The van der Waals surface area contributed by atoms with Crippen molar-refractivity contribution in [3.8, 4) is 0 Å². The van der Waals surface area contributed by atoms with E-state index in [1.165, 1.54) is 5.56 Å². The first-order valence-electron chi connectivity index (χ1n) is 7.67. The van der Waals surface area contributed by atoms with E-state index in [9.17, 15) is 0 Å². The van der Waals surface area contributed by atoms with E-state index in [-0.39, 0.29) is 0 Å². The van der Waals surface area contributed by atoms with Crippen molar-refractivity contribution in [3.63, 3.8) is 0 Å². The molecule has 0 saturated heterocycles. The molecular weight excluding hydrogens is 270 g/mol. The first-order chi connectivity index (χ1) is 9.63. The van der Waals surface area contributed by atoms with Crippen molar-refractivity contribution in [1.29, 1.82) is 0 Å². The number of hydrogen-bond donors (Lipinski definition) is 1. The molecule has 0 aromatic heterocycles. The van der Waals surface area contributed by atoms with Gasteiger partial charge < -0.3 is 10.1 Å². The molecule has 0 amide bonds. The number of rotatable bonds is 10. The molecule has 0 radical (unpaired) electrons. The zero-order valence-electron chi connectivity index (χ0n) is 13.0. The van der Waals surface area contributed by atoms with E-state index in [4.69, 9.17) is 16.3 Å². The third-order valence-electron chi connectivity index (χ3n) is 3.41. The molecule has 0 aliphatic rings. The SMILES string of the molecule is CCNCC(CCOCCC(C)C)c1cccc(Cl)c1. The second-order valence-corrected chi connectivity index (χ2v) is 6.08. The highest BCUT2D eigenvalue weighted by molar-refractivity contribution is 6.30. The van der Waals surface area contributed by atoms with Gasteiger partial charge in [0.2, 0.25) is 0 Å². The van der Waals surface area contributed by atoms with Gasteiger partial charge in [-0.25, -0.2) is 0 Å². The van der Waals surface area contributed by atoms with Crippen LogP contribution in [-0.4, -0.2) is 26.3 Å². The Labute approximate surface area is 128 Å². The summed E-state index contributed by atoms with van der Waals surface area (Å²) in [5.74, 6) is 1.17. The highest BCUT2D eigenvalue weighted by atomic mass is 35.5. The minimum atomic E-state index is 0.465. The summed E-state index contributed by atoms with van der Waals surface area (Å²) >= 11 is 6.09. The molecule has 1 atom stereocenters. The van der Waals surface area contributed by atoms with Crippen LogP contribution in [0.4, 0.5) is 0 Å². The standard InChI is InChI=1S/C17H28ClNO/c1-4-19-13-16(9-11-20-10-8-14(2)3)15-6-5-7-17(18)12-15/h5-7,12,14,16,19H,4,8-11,13H2,1-3H3. The second kappa shape index (κ2) is 10.2. The van der Waals surface area contributed by atoms with Crippen LogP contribution in [0.2, 0.25) is 5.02 Å². The predicted molar refractivity (Wildman–Crippen MR) is 87.6 cm³/mol. The molecule has 0 aliphatic heterocycles. The third kappa shape index (κ3) is 7.28. The van der Waals surface area contributed by atoms with Crippen molar-refractivity contribution >= 4 is 11.6 Å². The van der Waals surface area contributed by atoms with Gasteiger partial charge in [-0.15, -0.1) is 0 Å². The van der Waals surface area contributed by atoms with Gasteiger partial charge in [0, 0.05) is 24.8 Å². The number of hydrogen-bond acceptors (Lipinski definition) is 2. The lowest BCUT2D eigenvalue weighted by Gasteiger charge is -2.18. The first-order valence-corrected chi connectivity index (χ1v) is 8.05.